The SMILES string of the molecule is C1=CC[C]([Zr+2][CH]2C(p3ccnc3)=Cc3ccccc32)=C1.[Cl-].[Cl-]. The molecule has 0 N–H and O–H groups in total. The minimum absolute atomic E-state index is 0. The van der Waals surface area contributed by atoms with Crippen molar-refractivity contribution in [2.45, 2.75) is 10.0 Å². The van der Waals surface area contributed by atoms with Gasteiger partial charge in [-0.1, -0.05) is 0 Å². The van der Waals surface area contributed by atoms with Crippen LogP contribution in [0.5, 0.6) is 0 Å². The van der Waals surface area contributed by atoms with Gasteiger partial charge in [-0.25, -0.2) is 0 Å². The molecule has 1 heterocycles. The van der Waals surface area contributed by atoms with Gasteiger partial charge in [-0.15, -0.1) is 0 Å². The summed E-state index contributed by atoms with van der Waals surface area (Å²) in [5, 5.41) is 1.64. The van der Waals surface area contributed by atoms with E-state index in [1.165, 1.54) is 12.0 Å². The molecule has 2 aliphatic carbocycles. The Labute approximate surface area is 156 Å². The molecular formula is C17H14Cl2NPZr. The molecule has 1 nitrogen and oxygen atoms in total. The van der Waals surface area contributed by atoms with Crippen LogP contribution >= 0.6 is 7.53 Å². The predicted octanol–water partition coefficient (Wildman–Crippen LogP) is -0.945. The van der Waals surface area contributed by atoms with Crippen LogP contribution in [-0.2, 0) is 23.2 Å². The van der Waals surface area contributed by atoms with Crippen molar-refractivity contribution < 1.29 is 48.0 Å². The molecule has 1 aromatic heterocycles. The molecular weight excluding hydrogens is 411 g/mol. The summed E-state index contributed by atoms with van der Waals surface area (Å²) in [6.45, 7) is 0. The summed E-state index contributed by atoms with van der Waals surface area (Å²) in [6.07, 6.45) is 12.5. The quantitative estimate of drug-likeness (QED) is 0.619. The molecule has 0 saturated carbocycles. The second-order valence-electron chi connectivity index (χ2n) is 5.07. The Morgan fingerprint density at radius 3 is 2.77 bits per heavy atom. The first-order valence-electron chi connectivity index (χ1n) is 6.83. The van der Waals surface area contributed by atoms with Crippen molar-refractivity contribution in [3.63, 3.8) is 0 Å². The Morgan fingerprint density at radius 1 is 1.18 bits per heavy atom. The van der Waals surface area contributed by atoms with Gasteiger partial charge in [0.1, 0.15) is 0 Å². The third-order valence-electron chi connectivity index (χ3n) is 3.81. The Kier molecular flexibility index (Phi) is 6.48. The zero-order chi connectivity index (χ0) is 13.4. The smallest absolute Gasteiger partial charge is 1.00 e. The summed E-state index contributed by atoms with van der Waals surface area (Å²) >= 11 is -0.594. The van der Waals surface area contributed by atoms with Crippen LogP contribution in [0.3, 0.4) is 0 Å². The molecule has 0 saturated heterocycles. The summed E-state index contributed by atoms with van der Waals surface area (Å²) in [6, 6.07) is 8.94. The first kappa shape index (κ1) is 18.0. The Bertz CT molecular complexity index is 735. The Morgan fingerprint density at radius 2 is 2.05 bits per heavy atom. The zero-order valence-electron chi connectivity index (χ0n) is 11.8. The monoisotopic (exact) mass is 423 g/mol. The van der Waals surface area contributed by atoms with Crippen LogP contribution in [0.1, 0.15) is 21.2 Å². The molecule has 5 heteroatoms. The van der Waals surface area contributed by atoms with Crippen molar-refractivity contribution in [3.05, 3.63) is 74.8 Å². The molecule has 2 atom stereocenters. The third kappa shape index (κ3) is 3.41. The molecule has 0 aliphatic heterocycles. The van der Waals surface area contributed by atoms with E-state index in [-0.39, 0.29) is 32.3 Å². The number of benzene rings is 1. The van der Waals surface area contributed by atoms with E-state index < -0.39 is 23.2 Å². The second-order valence-corrected chi connectivity index (χ2v) is 10.6. The van der Waals surface area contributed by atoms with E-state index in [0.717, 1.165) is 0 Å². The molecule has 110 valence electrons. The molecule has 0 fully saturated rings. The van der Waals surface area contributed by atoms with E-state index >= 15 is 0 Å². The van der Waals surface area contributed by atoms with Gasteiger partial charge in [-0.05, 0) is 0 Å². The first-order valence-corrected chi connectivity index (χ1v) is 11.0. The van der Waals surface area contributed by atoms with Crippen molar-refractivity contribution in [1.82, 2.24) is 4.98 Å². The topological polar surface area (TPSA) is 12.9 Å². The van der Waals surface area contributed by atoms with Gasteiger partial charge >= 0.3 is 132 Å². The number of allylic oxidation sites excluding steroid dienone is 5. The standard InChI is InChI=1S/C12H9NP.C5H5.2ClH.Zr/c1-2-4-11-8-12(7-10(11)3-1)14-6-5-13-9-14;1-2-4-5-3-1;;;/h1-9H;1-3H,4H2;2*1H;/q;;;;+2/p-2. The summed E-state index contributed by atoms with van der Waals surface area (Å²) in [4.78, 5) is 4.31. The summed E-state index contributed by atoms with van der Waals surface area (Å²) in [7, 11) is -0.268. The maximum atomic E-state index is 4.31. The van der Waals surface area contributed by atoms with Crippen LogP contribution < -0.4 is 24.8 Å². The number of aromatic nitrogens is 1. The Balaban J connectivity index is 0.000000882. The fourth-order valence-electron chi connectivity index (χ4n) is 2.83. The van der Waals surface area contributed by atoms with Crippen molar-refractivity contribution in [1.29, 1.82) is 0 Å². The maximum absolute atomic E-state index is 4.31. The van der Waals surface area contributed by atoms with Gasteiger partial charge < -0.3 is 24.8 Å². The van der Waals surface area contributed by atoms with E-state index in [0.29, 0.717) is 3.63 Å². The van der Waals surface area contributed by atoms with Crippen LogP contribution in [0.2, 0.25) is 0 Å². The molecule has 1 aromatic carbocycles. The fourth-order valence-corrected chi connectivity index (χ4v) is 9.42. The van der Waals surface area contributed by atoms with Gasteiger partial charge in [0.05, 0.1) is 0 Å². The summed E-state index contributed by atoms with van der Waals surface area (Å²) < 4.78 is 2.43. The first-order chi connectivity index (χ1) is 9.92. The molecule has 0 spiro atoms. The van der Waals surface area contributed by atoms with Crippen molar-refractivity contribution in [2.75, 3.05) is 0 Å². The second kappa shape index (κ2) is 7.93. The molecule has 22 heavy (non-hydrogen) atoms. The van der Waals surface area contributed by atoms with Gasteiger partial charge in [0.25, 0.3) is 0 Å². The third-order valence-corrected chi connectivity index (χ3v) is 10.3. The molecule has 0 bridgehead atoms. The van der Waals surface area contributed by atoms with Crippen LogP contribution in [0.15, 0.2) is 63.7 Å². The average Bonchev–Trinajstić information content (AvgIpc) is 3.19. The minimum atomic E-state index is -0.594. The molecule has 0 radical (unpaired) electrons. The van der Waals surface area contributed by atoms with Gasteiger partial charge in [-0.3, -0.25) is 0 Å². The summed E-state index contributed by atoms with van der Waals surface area (Å²) in [5.74, 6) is 4.45. The van der Waals surface area contributed by atoms with E-state index in [4.69, 9.17) is 0 Å². The normalized spacial score (nSPS) is 18.5. The van der Waals surface area contributed by atoms with Gasteiger partial charge in [0.2, 0.25) is 0 Å². The van der Waals surface area contributed by atoms with Gasteiger partial charge in [0.15, 0.2) is 0 Å². The molecule has 2 aliphatic rings. The van der Waals surface area contributed by atoms with Gasteiger partial charge in [-0.2, -0.15) is 0 Å². The van der Waals surface area contributed by atoms with E-state index in [9.17, 15) is 0 Å². The molecule has 2 aromatic rings. The largest absolute Gasteiger partial charge is 1.00 e. The number of fused-ring (bicyclic) bond motifs is 1. The number of hydrogen-bond donors (Lipinski definition) is 0. The van der Waals surface area contributed by atoms with Crippen molar-refractivity contribution in [2.24, 2.45) is 0 Å². The van der Waals surface area contributed by atoms with E-state index in [1.54, 1.807) is 14.2 Å². The van der Waals surface area contributed by atoms with E-state index in [2.05, 4.69) is 65.3 Å². The van der Waals surface area contributed by atoms with Gasteiger partial charge in [0, 0.05) is 0 Å². The number of nitrogens with zero attached hydrogens (tertiary/aromatic N) is 1. The average molecular weight is 425 g/mol. The molecule has 4 rings (SSSR count). The molecule has 2 unspecified atom stereocenters. The Hall–Kier alpha value is -0.387. The fraction of sp³-hybridized carbons (Fsp3) is 0.118. The minimum Gasteiger partial charge on any atom is -1.00 e. The number of rotatable bonds is 3. The van der Waals surface area contributed by atoms with Crippen molar-refractivity contribution >= 4 is 18.9 Å². The number of hydrogen-bond acceptors (Lipinski definition) is 1. The summed E-state index contributed by atoms with van der Waals surface area (Å²) in [5.41, 5.74) is 3.01. The van der Waals surface area contributed by atoms with Crippen LogP contribution in [0.4, 0.5) is 0 Å². The number of halogens is 2. The predicted molar refractivity (Wildman–Crippen MR) is 82.1 cm³/mol. The zero-order valence-corrected chi connectivity index (χ0v) is 16.6. The van der Waals surface area contributed by atoms with Crippen LogP contribution in [0.25, 0.3) is 11.4 Å². The maximum Gasteiger partial charge on any atom is -1.00 e. The van der Waals surface area contributed by atoms with Crippen LogP contribution in [0, 0.1) is 0 Å². The van der Waals surface area contributed by atoms with E-state index in [1.807, 2.05) is 6.20 Å². The van der Waals surface area contributed by atoms with Crippen molar-refractivity contribution in [3.8, 4) is 0 Å². The van der Waals surface area contributed by atoms with Crippen LogP contribution in [-0.4, -0.2) is 4.98 Å². The molecule has 0 amide bonds.